The highest BCUT2D eigenvalue weighted by molar-refractivity contribution is 7.99. The molecule has 92 valence electrons. The number of hydrogen-bond donors (Lipinski definition) is 2. The molecule has 1 unspecified atom stereocenters. The predicted octanol–water partition coefficient (Wildman–Crippen LogP) is 1.37. The molecule has 0 bridgehead atoms. The summed E-state index contributed by atoms with van der Waals surface area (Å²) in [6, 6.07) is 1.95. The predicted molar refractivity (Wildman–Crippen MR) is 69.3 cm³/mol. The van der Waals surface area contributed by atoms with E-state index in [0.717, 1.165) is 17.9 Å². The van der Waals surface area contributed by atoms with Gasteiger partial charge < -0.3 is 15.8 Å². The zero-order valence-corrected chi connectivity index (χ0v) is 10.4. The second-order valence-corrected chi connectivity index (χ2v) is 5.01. The lowest BCUT2D eigenvalue weighted by Crippen LogP contribution is -2.21. The van der Waals surface area contributed by atoms with Crippen LogP contribution in [0.2, 0.25) is 0 Å². The lowest BCUT2D eigenvalue weighted by Gasteiger charge is -2.14. The summed E-state index contributed by atoms with van der Waals surface area (Å²) < 4.78 is 4.72. The molecule has 1 atom stereocenters. The largest absolute Gasteiger partial charge is 0.465 e. The van der Waals surface area contributed by atoms with Crippen LogP contribution in [0.25, 0.3) is 0 Å². The van der Waals surface area contributed by atoms with E-state index < -0.39 is 5.97 Å². The molecule has 3 N–H and O–H groups in total. The molecule has 0 saturated carbocycles. The van der Waals surface area contributed by atoms with Gasteiger partial charge in [-0.1, -0.05) is 0 Å². The van der Waals surface area contributed by atoms with E-state index in [1.165, 1.54) is 13.3 Å². The molecule has 1 aromatic rings. The van der Waals surface area contributed by atoms with Crippen LogP contribution >= 0.6 is 11.8 Å². The highest BCUT2D eigenvalue weighted by atomic mass is 32.2. The molecule has 1 aromatic heterocycles. The minimum Gasteiger partial charge on any atom is -0.465 e. The molecule has 2 heterocycles. The van der Waals surface area contributed by atoms with E-state index in [9.17, 15) is 4.79 Å². The smallest absolute Gasteiger partial charge is 0.341 e. The molecule has 1 aliphatic rings. The van der Waals surface area contributed by atoms with Crippen LogP contribution in [0, 0.1) is 0 Å². The average molecular weight is 253 g/mol. The minimum atomic E-state index is -0.419. The van der Waals surface area contributed by atoms with E-state index in [4.69, 9.17) is 10.5 Å². The van der Waals surface area contributed by atoms with Crippen molar-refractivity contribution in [1.29, 1.82) is 0 Å². The van der Waals surface area contributed by atoms with Crippen molar-refractivity contribution in [2.45, 2.75) is 12.5 Å². The molecule has 6 heteroatoms. The van der Waals surface area contributed by atoms with Crippen molar-refractivity contribution >= 4 is 29.2 Å². The van der Waals surface area contributed by atoms with E-state index in [1.807, 2.05) is 11.8 Å². The first-order chi connectivity index (χ1) is 8.20. The fourth-order valence-electron chi connectivity index (χ4n) is 1.70. The molecule has 5 nitrogen and oxygen atoms in total. The Hall–Kier alpha value is -1.43. The summed E-state index contributed by atoms with van der Waals surface area (Å²) >= 11 is 1.89. The normalized spacial score (nSPS) is 19.0. The second kappa shape index (κ2) is 5.27. The Morgan fingerprint density at radius 3 is 3.18 bits per heavy atom. The van der Waals surface area contributed by atoms with Gasteiger partial charge in [-0.3, -0.25) is 0 Å². The summed E-state index contributed by atoms with van der Waals surface area (Å²) in [7, 11) is 1.35. The number of aromatic nitrogens is 1. The number of carbonyl (C=O) groups is 1. The molecule has 0 radical (unpaired) electrons. The standard InChI is InChI=1S/C11H15N3O2S/c1-16-11(15)9-4-7(12)5-13-10(9)14-8-2-3-17-6-8/h4-5,8H,2-3,6,12H2,1H3,(H,13,14). The number of anilines is 2. The fraction of sp³-hybridized carbons (Fsp3) is 0.455. The van der Waals surface area contributed by atoms with Crippen molar-refractivity contribution in [3.05, 3.63) is 17.8 Å². The van der Waals surface area contributed by atoms with Crippen molar-refractivity contribution < 1.29 is 9.53 Å². The number of ether oxygens (including phenoxy) is 1. The van der Waals surface area contributed by atoms with Crippen LogP contribution in [0.1, 0.15) is 16.8 Å². The molecule has 1 fully saturated rings. The van der Waals surface area contributed by atoms with E-state index in [2.05, 4.69) is 10.3 Å². The topological polar surface area (TPSA) is 77.2 Å². The monoisotopic (exact) mass is 253 g/mol. The lowest BCUT2D eigenvalue weighted by atomic mass is 10.2. The second-order valence-electron chi connectivity index (χ2n) is 3.86. The van der Waals surface area contributed by atoms with Crippen molar-refractivity contribution in [2.75, 3.05) is 29.7 Å². The Bertz CT molecular complexity index is 419. The number of thioether (sulfide) groups is 1. The third-order valence-corrected chi connectivity index (χ3v) is 3.75. The van der Waals surface area contributed by atoms with Gasteiger partial charge in [0.2, 0.25) is 0 Å². The number of rotatable bonds is 3. The van der Waals surface area contributed by atoms with Gasteiger partial charge in [-0.15, -0.1) is 0 Å². The number of nitrogens with zero attached hydrogens (tertiary/aromatic N) is 1. The first-order valence-electron chi connectivity index (χ1n) is 5.39. The zero-order valence-electron chi connectivity index (χ0n) is 9.60. The average Bonchev–Trinajstić information content (AvgIpc) is 2.83. The van der Waals surface area contributed by atoms with E-state index in [0.29, 0.717) is 23.1 Å². The van der Waals surface area contributed by atoms with Crippen LogP contribution in [-0.2, 0) is 4.74 Å². The van der Waals surface area contributed by atoms with E-state index in [1.54, 1.807) is 6.07 Å². The van der Waals surface area contributed by atoms with Gasteiger partial charge in [0, 0.05) is 11.8 Å². The molecule has 1 saturated heterocycles. The Balaban J connectivity index is 2.22. The van der Waals surface area contributed by atoms with Crippen LogP contribution in [0.5, 0.6) is 0 Å². The van der Waals surface area contributed by atoms with Crippen LogP contribution in [0.3, 0.4) is 0 Å². The molecule has 1 aliphatic heterocycles. The molecule has 0 amide bonds. The van der Waals surface area contributed by atoms with Crippen LogP contribution < -0.4 is 11.1 Å². The van der Waals surface area contributed by atoms with Crippen molar-refractivity contribution in [2.24, 2.45) is 0 Å². The van der Waals surface area contributed by atoms with Gasteiger partial charge in [0.05, 0.1) is 19.0 Å². The maximum absolute atomic E-state index is 11.6. The molecular formula is C11H15N3O2S. The lowest BCUT2D eigenvalue weighted by molar-refractivity contribution is 0.0601. The van der Waals surface area contributed by atoms with Gasteiger partial charge in [0.15, 0.2) is 0 Å². The SMILES string of the molecule is COC(=O)c1cc(N)cnc1NC1CCSC1. The number of esters is 1. The van der Waals surface area contributed by atoms with Crippen molar-refractivity contribution in [3.63, 3.8) is 0 Å². The summed E-state index contributed by atoms with van der Waals surface area (Å²) in [5.41, 5.74) is 6.47. The van der Waals surface area contributed by atoms with Gasteiger partial charge in [0.1, 0.15) is 11.4 Å². The maximum atomic E-state index is 11.6. The van der Waals surface area contributed by atoms with Gasteiger partial charge in [-0.2, -0.15) is 11.8 Å². The zero-order chi connectivity index (χ0) is 12.3. The van der Waals surface area contributed by atoms with Crippen LogP contribution in [0.4, 0.5) is 11.5 Å². The van der Waals surface area contributed by atoms with Gasteiger partial charge in [-0.25, -0.2) is 9.78 Å². The Labute approximate surface area is 104 Å². The first-order valence-corrected chi connectivity index (χ1v) is 6.54. The fourth-order valence-corrected chi connectivity index (χ4v) is 2.86. The highest BCUT2D eigenvalue weighted by Gasteiger charge is 2.20. The van der Waals surface area contributed by atoms with Crippen molar-refractivity contribution in [1.82, 2.24) is 4.98 Å². The summed E-state index contributed by atoms with van der Waals surface area (Å²) in [5.74, 6) is 2.31. The molecule has 17 heavy (non-hydrogen) atoms. The molecule has 0 aromatic carbocycles. The number of nitrogens with two attached hydrogens (primary N) is 1. The molecular weight excluding hydrogens is 238 g/mol. The minimum absolute atomic E-state index is 0.361. The summed E-state index contributed by atoms with van der Waals surface area (Å²) in [6.07, 6.45) is 2.62. The third-order valence-electron chi connectivity index (χ3n) is 2.58. The van der Waals surface area contributed by atoms with Gasteiger partial charge >= 0.3 is 5.97 Å². The number of hydrogen-bond acceptors (Lipinski definition) is 6. The number of carbonyl (C=O) groups excluding carboxylic acids is 1. The summed E-state index contributed by atoms with van der Waals surface area (Å²) in [4.78, 5) is 15.8. The Morgan fingerprint density at radius 1 is 1.71 bits per heavy atom. The Kier molecular flexibility index (Phi) is 3.73. The van der Waals surface area contributed by atoms with E-state index >= 15 is 0 Å². The van der Waals surface area contributed by atoms with E-state index in [-0.39, 0.29) is 0 Å². The van der Waals surface area contributed by atoms with Gasteiger partial charge in [0.25, 0.3) is 0 Å². The summed E-state index contributed by atoms with van der Waals surface area (Å²) in [6.45, 7) is 0. The number of nitrogens with one attached hydrogen (secondary N) is 1. The van der Waals surface area contributed by atoms with Crippen LogP contribution in [-0.4, -0.2) is 35.6 Å². The third kappa shape index (κ3) is 2.82. The van der Waals surface area contributed by atoms with Crippen molar-refractivity contribution in [3.8, 4) is 0 Å². The highest BCUT2D eigenvalue weighted by Crippen LogP contribution is 2.23. The molecule has 0 spiro atoms. The number of pyridine rings is 1. The number of nitrogen functional groups attached to an aromatic ring is 1. The molecule has 2 rings (SSSR count). The quantitative estimate of drug-likeness (QED) is 0.792. The first kappa shape index (κ1) is 12.0. The number of methoxy groups -OCH3 is 1. The summed E-state index contributed by atoms with van der Waals surface area (Å²) in [5, 5.41) is 3.26. The maximum Gasteiger partial charge on any atom is 0.341 e. The Morgan fingerprint density at radius 2 is 2.53 bits per heavy atom. The van der Waals surface area contributed by atoms with Crippen LogP contribution in [0.15, 0.2) is 12.3 Å². The molecule has 0 aliphatic carbocycles. The van der Waals surface area contributed by atoms with Gasteiger partial charge in [-0.05, 0) is 18.2 Å².